The highest BCUT2D eigenvalue weighted by molar-refractivity contribution is 7.09. The largest absolute Gasteiger partial charge is 0.351 e. The van der Waals surface area contributed by atoms with Crippen LogP contribution in [0.15, 0.2) is 30.5 Å². The van der Waals surface area contributed by atoms with Crippen molar-refractivity contribution in [2.45, 2.75) is 0 Å². The minimum absolute atomic E-state index is 0.567. The third-order valence-corrected chi connectivity index (χ3v) is 2.51. The summed E-state index contributed by atoms with van der Waals surface area (Å²) in [6, 6.07) is 6.74. The average molecular weight is 220 g/mol. The lowest BCUT2D eigenvalue weighted by atomic mass is 10.2. The van der Waals surface area contributed by atoms with Gasteiger partial charge in [0.05, 0.1) is 11.1 Å². The molecule has 0 saturated carbocycles. The maximum Gasteiger partial charge on any atom is 0.316 e. The van der Waals surface area contributed by atoms with E-state index in [4.69, 9.17) is 5.73 Å². The summed E-state index contributed by atoms with van der Waals surface area (Å²) >= 11 is 1.32. The molecule has 0 fully saturated rings. The third kappa shape index (κ3) is 2.29. The molecule has 0 aliphatic carbocycles. The summed E-state index contributed by atoms with van der Waals surface area (Å²) in [5.41, 5.74) is 6.67. The van der Waals surface area contributed by atoms with Crippen LogP contribution in [0.5, 0.6) is 0 Å². The molecule has 0 saturated heterocycles. The van der Waals surface area contributed by atoms with Crippen molar-refractivity contribution in [2.75, 3.05) is 5.32 Å². The first kappa shape index (κ1) is 9.60. The second-order valence-electron chi connectivity index (χ2n) is 2.85. The van der Waals surface area contributed by atoms with E-state index >= 15 is 0 Å². The highest BCUT2D eigenvalue weighted by Gasteiger charge is 2.01. The van der Waals surface area contributed by atoms with E-state index in [1.54, 1.807) is 18.3 Å². The van der Waals surface area contributed by atoms with Gasteiger partial charge in [-0.3, -0.25) is 0 Å². The maximum absolute atomic E-state index is 10.6. The first-order valence-electron chi connectivity index (χ1n) is 4.20. The topological polar surface area (TPSA) is 80.9 Å². The molecule has 0 radical (unpaired) electrons. The van der Waals surface area contributed by atoms with Crippen molar-refractivity contribution in [3.63, 3.8) is 0 Å². The van der Waals surface area contributed by atoms with E-state index in [2.05, 4.69) is 14.9 Å². The lowest BCUT2D eigenvalue weighted by Crippen LogP contribution is -2.19. The standard InChI is InChI=1S/C9H8N4OS/c10-9(14)12-7-3-1-6(2-4-7)8-5-11-13-15-8/h1-5H,(H3,10,12,14). The molecule has 0 aliphatic rings. The van der Waals surface area contributed by atoms with Crippen LogP contribution in [-0.4, -0.2) is 15.6 Å². The van der Waals surface area contributed by atoms with Gasteiger partial charge in [0.25, 0.3) is 0 Å². The summed E-state index contributed by atoms with van der Waals surface area (Å²) < 4.78 is 3.77. The molecule has 0 aliphatic heterocycles. The van der Waals surface area contributed by atoms with Crippen molar-refractivity contribution in [2.24, 2.45) is 5.73 Å². The van der Waals surface area contributed by atoms with Gasteiger partial charge in [-0.2, -0.15) is 0 Å². The maximum atomic E-state index is 10.6. The lowest BCUT2D eigenvalue weighted by molar-refractivity contribution is 0.259. The molecule has 1 aromatic heterocycles. The average Bonchev–Trinajstić information content (AvgIpc) is 2.71. The van der Waals surface area contributed by atoms with E-state index in [1.165, 1.54) is 11.5 Å². The van der Waals surface area contributed by atoms with Crippen LogP contribution in [0.2, 0.25) is 0 Å². The zero-order valence-corrected chi connectivity index (χ0v) is 8.49. The number of carbonyl (C=O) groups is 1. The predicted molar refractivity (Wildman–Crippen MR) is 58.6 cm³/mol. The molecule has 0 spiro atoms. The molecular formula is C9H8N4OS. The molecule has 6 heteroatoms. The Labute approximate surface area is 90.1 Å². The minimum atomic E-state index is -0.567. The molecule has 2 rings (SSSR count). The van der Waals surface area contributed by atoms with Crippen molar-refractivity contribution < 1.29 is 4.79 Å². The highest BCUT2D eigenvalue weighted by atomic mass is 32.1. The smallest absolute Gasteiger partial charge is 0.316 e. The normalized spacial score (nSPS) is 9.87. The Balaban J connectivity index is 2.21. The molecule has 15 heavy (non-hydrogen) atoms. The SMILES string of the molecule is NC(=O)Nc1ccc(-c2cnns2)cc1. The van der Waals surface area contributed by atoms with Gasteiger partial charge in [0.15, 0.2) is 0 Å². The van der Waals surface area contributed by atoms with Crippen molar-refractivity contribution in [3.05, 3.63) is 30.5 Å². The van der Waals surface area contributed by atoms with Gasteiger partial charge in [0.1, 0.15) is 0 Å². The van der Waals surface area contributed by atoms with E-state index in [1.807, 2.05) is 12.1 Å². The molecule has 0 bridgehead atoms. The Kier molecular flexibility index (Phi) is 2.59. The predicted octanol–water partition coefficient (Wildman–Crippen LogP) is 1.70. The van der Waals surface area contributed by atoms with Crippen LogP contribution in [0.25, 0.3) is 10.4 Å². The van der Waals surface area contributed by atoms with E-state index in [0.29, 0.717) is 5.69 Å². The number of hydrogen-bond acceptors (Lipinski definition) is 4. The van der Waals surface area contributed by atoms with E-state index in [-0.39, 0.29) is 0 Å². The van der Waals surface area contributed by atoms with Gasteiger partial charge in [-0.15, -0.1) is 5.10 Å². The number of aromatic nitrogens is 2. The van der Waals surface area contributed by atoms with Crippen LogP contribution in [-0.2, 0) is 0 Å². The number of nitrogens with two attached hydrogens (primary N) is 1. The van der Waals surface area contributed by atoms with Crippen molar-refractivity contribution in [3.8, 4) is 10.4 Å². The number of anilines is 1. The van der Waals surface area contributed by atoms with E-state index in [0.717, 1.165) is 10.4 Å². The summed E-state index contributed by atoms with van der Waals surface area (Å²) in [6.45, 7) is 0. The van der Waals surface area contributed by atoms with Crippen molar-refractivity contribution in [1.82, 2.24) is 9.59 Å². The fourth-order valence-electron chi connectivity index (χ4n) is 1.15. The summed E-state index contributed by atoms with van der Waals surface area (Å²) in [4.78, 5) is 11.6. The number of nitrogens with one attached hydrogen (secondary N) is 1. The van der Waals surface area contributed by atoms with Crippen molar-refractivity contribution in [1.29, 1.82) is 0 Å². The van der Waals surface area contributed by atoms with Crippen LogP contribution < -0.4 is 11.1 Å². The molecular weight excluding hydrogens is 212 g/mol. The molecule has 0 atom stereocenters. The van der Waals surface area contributed by atoms with Crippen molar-refractivity contribution >= 4 is 23.3 Å². The number of urea groups is 1. The molecule has 76 valence electrons. The molecule has 5 nitrogen and oxygen atoms in total. The van der Waals surface area contributed by atoms with Crippen LogP contribution in [0.1, 0.15) is 0 Å². The van der Waals surface area contributed by atoms with Crippen LogP contribution in [0, 0.1) is 0 Å². The molecule has 2 aromatic rings. The highest BCUT2D eigenvalue weighted by Crippen LogP contribution is 2.22. The Morgan fingerprint density at radius 3 is 2.60 bits per heavy atom. The zero-order valence-electron chi connectivity index (χ0n) is 7.68. The molecule has 0 unspecified atom stereocenters. The van der Waals surface area contributed by atoms with Crippen LogP contribution in [0.3, 0.4) is 0 Å². The first-order valence-corrected chi connectivity index (χ1v) is 4.97. The Morgan fingerprint density at radius 1 is 1.33 bits per heavy atom. The Bertz CT molecular complexity index is 451. The minimum Gasteiger partial charge on any atom is -0.351 e. The third-order valence-electron chi connectivity index (χ3n) is 1.80. The Morgan fingerprint density at radius 2 is 2.07 bits per heavy atom. The van der Waals surface area contributed by atoms with E-state index in [9.17, 15) is 4.79 Å². The molecule has 1 aromatic carbocycles. The monoisotopic (exact) mass is 220 g/mol. The molecule has 2 amide bonds. The van der Waals surface area contributed by atoms with Crippen LogP contribution >= 0.6 is 11.5 Å². The van der Waals surface area contributed by atoms with Gasteiger partial charge in [0, 0.05) is 5.69 Å². The van der Waals surface area contributed by atoms with Gasteiger partial charge in [-0.25, -0.2) is 4.79 Å². The Hall–Kier alpha value is -1.95. The first-order chi connectivity index (χ1) is 7.25. The summed E-state index contributed by atoms with van der Waals surface area (Å²) in [6.07, 6.45) is 1.70. The quantitative estimate of drug-likeness (QED) is 0.808. The van der Waals surface area contributed by atoms with Gasteiger partial charge in [0.2, 0.25) is 0 Å². The number of primary amides is 1. The summed E-state index contributed by atoms with van der Waals surface area (Å²) in [5, 5.41) is 6.24. The summed E-state index contributed by atoms with van der Waals surface area (Å²) in [7, 11) is 0. The number of rotatable bonds is 2. The van der Waals surface area contributed by atoms with Gasteiger partial charge in [-0.1, -0.05) is 16.6 Å². The number of carbonyl (C=O) groups excluding carboxylic acids is 1. The van der Waals surface area contributed by atoms with Gasteiger partial charge < -0.3 is 11.1 Å². The molecule has 1 heterocycles. The number of amides is 2. The zero-order chi connectivity index (χ0) is 10.7. The molecule has 3 N–H and O–H groups in total. The number of nitrogens with zero attached hydrogens (tertiary/aromatic N) is 2. The fraction of sp³-hybridized carbons (Fsp3) is 0. The van der Waals surface area contributed by atoms with E-state index < -0.39 is 6.03 Å². The second-order valence-corrected chi connectivity index (χ2v) is 3.63. The second kappa shape index (κ2) is 4.05. The van der Waals surface area contributed by atoms with Gasteiger partial charge >= 0.3 is 6.03 Å². The van der Waals surface area contributed by atoms with Crippen LogP contribution in [0.4, 0.5) is 10.5 Å². The number of hydrogen-bond donors (Lipinski definition) is 2. The lowest BCUT2D eigenvalue weighted by Gasteiger charge is -2.01. The number of benzene rings is 1. The fourth-order valence-corrected chi connectivity index (χ4v) is 1.67. The summed E-state index contributed by atoms with van der Waals surface area (Å²) in [5.74, 6) is 0. The van der Waals surface area contributed by atoms with Gasteiger partial charge in [-0.05, 0) is 29.2 Å².